The van der Waals surface area contributed by atoms with Crippen LogP contribution < -0.4 is 4.74 Å². The maximum Gasteiger partial charge on any atom is 0.311 e. The minimum Gasteiger partial charge on any atom is -0.497 e. The lowest BCUT2D eigenvalue weighted by molar-refractivity contribution is 0.339. The van der Waals surface area contributed by atoms with Gasteiger partial charge in [0.2, 0.25) is 0 Å². The van der Waals surface area contributed by atoms with E-state index in [1.165, 1.54) is 5.56 Å². The number of rotatable bonds is 5. The van der Waals surface area contributed by atoms with Gasteiger partial charge < -0.3 is 14.3 Å². The minimum absolute atomic E-state index is 0.248. The molecule has 0 spiro atoms. The first kappa shape index (κ1) is 15.8. The van der Waals surface area contributed by atoms with Crippen molar-refractivity contribution in [1.82, 2.24) is 0 Å². The highest BCUT2D eigenvalue weighted by Crippen LogP contribution is 2.36. The number of benzene rings is 2. The fraction of sp³-hybridized carbons (Fsp3) is 0.158. The average Bonchev–Trinajstić information content (AvgIpc) is 3.01. The van der Waals surface area contributed by atoms with Crippen molar-refractivity contribution in [3.63, 3.8) is 0 Å². The Morgan fingerprint density at radius 1 is 1.00 bits per heavy atom. The summed E-state index contributed by atoms with van der Waals surface area (Å²) in [5, 5.41) is 18.1. The summed E-state index contributed by atoms with van der Waals surface area (Å²) in [5.74, 6) is 1.05. The van der Waals surface area contributed by atoms with Crippen LogP contribution in [-0.4, -0.2) is 12.2 Å². The van der Waals surface area contributed by atoms with Gasteiger partial charge in [0.15, 0.2) is 5.69 Å². The van der Waals surface area contributed by atoms with E-state index < -0.39 is 0 Å². The van der Waals surface area contributed by atoms with Crippen molar-refractivity contribution in [2.45, 2.75) is 13.3 Å². The SMILES string of the molecule is CCc1ccc(-c2cc(N=Nc3ccc(OC)cc3)c(O)o2)cc1. The van der Waals surface area contributed by atoms with Crippen LogP contribution in [0.25, 0.3) is 11.3 Å². The predicted octanol–water partition coefficient (Wildman–Crippen LogP) is 5.64. The summed E-state index contributed by atoms with van der Waals surface area (Å²) in [6, 6.07) is 16.8. The third kappa shape index (κ3) is 3.46. The van der Waals surface area contributed by atoms with Gasteiger partial charge in [0.05, 0.1) is 12.8 Å². The Hall–Kier alpha value is -3.08. The third-order valence-electron chi connectivity index (χ3n) is 3.69. The molecule has 0 aliphatic carbocycles. The molecule has 0 fully saturated rings. The highest BCUT2D eigenvalue weighted by Gasteiger charge is 2.11. The summed E-state index contributed by atoms with van der Waals surface area (Å²) in [4.78, 5) is 0. The van der Waals surface area contributed by atoms with E-state index in [1.807, 2.05) is 24.3 Å². The molecule has 24 heavy (non-hydrogen) atoms. The number of hydrogen-bond acceptors (Lipinski definition) is 5. The Balaban J connectivity index is 1.81. The first-order valence-corrected chi connectivity index (χ1v) is 7.67. The standard InChI is InChI=1S/C19H18N2O3/c1-3-13-4-6-14(7-5-13)18-12-17(19(22)24-18)21-20-15-8-10-16(23-2)11-9-15/h4-12,22H,3H2,1-2H3. The number of methoxy groups -OCH3 is 1. The lowest BCUT2D eigenvalue weighted by Gasteiger charge is -1.98. The van der Waals surface area contributed by atoms with Gasteiger partial charge in [-0.3, -0.25) is 0 Å². The second-order valence-electron chi connectivity index (χ2n) is 5.25. The molecule has 0 bridgehead atoms. The van der Waals surface area contributed by atoms with Crippen molar-refractivity contribution in [2.24, 2.45) is 10.2 Å². The van der Waals surface area contributed by atoms with E-state index in [9.17, 15) is 5.11 Å². The fourth-order valence-corrected chi connectivity index (χ4v) is 2.25. The fourth-order valence-electron chi connectivity index (χ4n) is 2.25. The smallest absolute Gasteiger partial charge is 0.311 e. The molecule has 0 amide bonds. The third-order valence-corrected chi connectivity index (χ3v) is 3.69. The van der Waals surface area contributed by atoms with E-state index >= 15 is 0 Å². The molecule has 1 aromatic heterocycles. The van der Waals surface area contributed by atoms with Crippen molar-refractivity contribution >= 4 is 11.4 Å². The zero-order chi connectivity index (χ0) is 16.9. The van der Waals surface area contributed by atoms with E-state index in [4.69, 9.17) is 9.15 Å². The van der Waals surface area contributed by atoms with Gasteiger partial charge >= 0.3 is 5.95 Å². The van der Waals surface area contributed by atoms with Gasteiger partial charge in [-0.25, -0.2) is 0 Å². The Kier molecular flexibility index (Phi) is 4.61. The summed E-state index contributed by atoms with van der Waals surface area (Å²) in [6.45, 7) is 2.10. The Labute approximate surface area is 140 Å². The predicted molar refractivity (Wildman–Crippen MR) is 92.4 cm³/mol. The zero-order valence-electron chi connectivity index (χ0n) is 13.6. The van der Waals surface area contributed by atoms with Crippen LogP contribution in [0.3, 0.4) is 0 Å². The van der Waals surface area contributed by atoms with Gasteiger partial charge in [0.25, 0.3) is 0 Å². The number of ether oxygens (including phenoxy) is 1. The van der Waals surface area contributed by atoms with Crippen molar-refractivity contribution in [3.05, 3.63) is 60.2 Å². The van der Waals surface area contributed by atoms with Crippen LogP contribution >= 0.6 is 0 Å². The molecule has 3 rings (SSSR count). The van der Waals surface area contributed by atoms with E-state index in [2.05, 4.69) is 17.2 Å². The van der Waals surface area contributed by atoms with Crippen LogP contribution in [0.15, 0.2) is 69.2 Å². The number of nitrogens with zero attached hydrogens (tertiary/aromatic N) is 2. The lowest BCUT2D eigenvalue weighted by atomic mass is 10.1. The maximum absolute atomic E-state index is 9.91. The highest BCUT2D eigenvalue weighted by atomic mass is 16.5. The molecule has 1 heterocycles. The zero-order valence-corrected chi connectivity index (χ0v) is 13.6. The molecule has 0 saturated carbocycles. The van der Waals surface area contributed by atoms with E-state index in [0.717, 1.165) is 17.7 Å². The van der Waals surface area contributed by atoms with Gasteiger partial charge in [-0.05, 0) is 36.2 Å². The molecule has 0 radical (unpaired) electrons. The molecule has 3 aromatic rings. The molecule has 122 valence electrons. The molecule has 5 heteroatoms. The number of furan rings is 1. The average molecular weight is 322 g/mol. The molecule has 0 unspecified atom stereocenters. The maximum atomic E-state index is 9.91. The quantitative estimate of drug-likeness (QED) is 0.618. The first-order chi connectivity index (χ1) is 11.7. The highest BCUT2D eigenvalue weighted by molar-refractivity contribution is 5.65. The van der Waals surface area contributed by atoms with Gasteiger partial charge in [0.1, 0.15) is 11.5 Å². The molecule has 5 nitrogen and oxygen atoms in total. The Morgan fingerprint density at radius 3 is 2.33 bits per heavy atom. The van der Waals surface area contributed by atoms with Crippen molar-refractivity contribution in [3.8, 4) is 23.0 Å². The molecular formula is C19H18N2O3. The van der Waals surface area contributed by atoms with Gasteiger partial charge in [-0.15, -0.1) is 5.11 Å². The monoisotopic (exact) mass is 322 g/mol. The Morgan fingerprint density at radius 2 is 1.71 bits per heavy atom. The lowest BCUT2D eigenvalue weighted by Crippen LogP contribution is -1.79. The second kappa shape index (κ2) is 7.00. The minimum atomic E-state index is -0.248. The van der Waals surface area contributed by atoms with E-state index in [-0.39, 0.29) is 5.95 Å². The van der Waals surface area contributed by atoms with Crippen molar-refractivity contribution in [1.29, 1.82) is 0 Å². The van der Waals surface area contributed by atoms with Crippen LogP contribution in [0.4, 0.5) is 11.4 Å². The van der Waals surface area contributed by atoms with E-state index in [1.54, 1.807) is 37.4 Å². The van der Waals surface area contributed by atoms with Crippen LogP contribution in [0.2, 0.25) is 0 Å². The molecule has 1 N–H and O–H groups in total. The summed E-state index contributed by atoms with van der Waals surface area (Å²) >= 11 is 0. The van der Waals surface area contributed by atoms with Gasteiger partial charge in [0, 0.05) is 11.6 Å². The Bertz CT molecular complexity index is 834. The van der Waals surface area contributed by atoms with Gasteiger partial charge in [-0.1, -0.05) is 31.2 Å². The summed E-state index contributed by atoms with van der Waals surface area (Å²) in [5.41, 5.74) is 3.08. The summed E-state index contributed by atoms with van der Waals surface area (Å²) in [6.07, 6.45) is 0.977. The normalized spacial score (nSPS) is 11.1. The molecule has 0 saturated heterocycles. The van der Waals surface area contributed by atoms with Crippen LogP contribution in [0.5, 0.6) is 11.7 Å². The molecule has 0 atom stereocenters. The van der Waals surface area contributed by atoms with Crippen LogP contribution in [0, 0.1) is 0 Å². The van der Waals surface area contributed by atoms with Crippen molar-refractivity contribution < 1.29 is 14.3 Å². The number of aromatic hydroxyl groups is 1. The van der Waals surface area contributed by atoms with E-state index in [0.29, 0.717) is 17.1 Å². The largest absolute Gasteiger partial charge is 0.497 e. The van der Waals surface area contributed by atoms with Crippen molar-refractivity contribution in [2.75, 3.05) is 7.11 Å². The molecule has 0 aliphatic rings. The number of hydrogen-bond donors (Lipinski definition) is 1. The molecule has 0 aliphatic heterocycles. The molecular weight excluding hydrogens is 304 g/mol. The second-order valence-corrected chi connectivity index (χ2v) is 5.25. The first-order valence-electron chi connectivity index (χ1n) is 7.67. The van der Waals surface area contributed by atoms with Crippen LogP contribution in [-0.2, 0) is 6.42 Å². The number of aryl methyl sites for hydroxylation is 1. The number of azo groups is 1. The summed E-state index contributed by atoms with van der Waals surface area (Å²) < 4.78 is 10.5. The topological polar surface area (TPSA) is 67.3 Å². The van der Waals surface area contributed by atoms with Gasteiger partial charge in [-0.2, -0.15) is 5.11 Å². The van der Waals surface area contributed by atoms with Crippen LogP contribution in [0.1, 0.15) is 12.5 Å². The molecule has 2 aromatic carbocycles. The summed E-state index contributed by atoms with van der Waals surface area (Å²) in [7, 11) is 1.61.